The summed E-state index contributed by atoms with van der Waals surface area (Å²) in [6.45, 7) is 1.87. The predicted octanol–water partition coefficient (Wildman–Crippen LogP) is 4.14. The lowest BCUT2D eigenvalue weighted by Gasteiger charge is -2.11. The summed E-state index contributed by atoms with van der Waals surface area (Å²) in [4.78, 5) is 18.0. The van der Waals surface area contributed by atoms with Crippen LogP contribution in [0.2, 0.25) is 0 Å². The van der Waals surface area contributed by atoms with Gasteiger partial charge in [-0.3, -0.25) is 4.79 Å². The molecule has 6 heteroatoms. The highest BCUT2D eigenvalue weighted by atomic mass is 16.6. The largest absolute Gasteiger partial charge is 0.493 e. The number of nitrogens with one attached hydrogen (secondary N) is 1. The molecule has 0 saturated carbocycles. The molecular formula is C21H20N2O4. The third kappa shape index (κ3) is 3.38. The van der Waals surface area contributed by atoms with Crippen LogP contribution >= 0.6 is 0 Å². The number of furan rings is 1. The van der Waals surface area contributed by atoms with E-state index in [9.17, 15) is 4.79 Å². The number of carbonyl (C=O) groups excluding carboxylic acids is 1. The van der Waals surface area contributed by atoms with Crippen LogP contribution in [0.5, 0.6) is 5.75 Å². The van der Waals surface area contributed by atoms with Crippen LogP contribution in [0.15, 0.2) is 64.2 Å². The minimum absolute atomic E-state index is 0.224. The van der Waals surface area contributed by atoms with E-state index in [1.807, 2.05) is 61.5 Å². The van der Waals surface area contributed by atoms with Crippen LogP contribution in [0.3, 0.4) is 0 Å². The Hall–Kier alpha value is -3.28. The number of amides is 1. The highest BCUT2D eigenvalue weighted by Gasteiger charge is 2.28. The van der Waals surface area contributed by atoms with Crippen molar-refractivity contribution < 1.29 is 18.8 Å². The number of hydrogen-bond acceptors (Lipinski definition) is 5. The van der Waals surface area contributed by atoms with Crippen LogP contribution < -0.4 is 10.1 Å². The summed E-state index contributed by atoms with van der Waals surface area (Å²) in [5.74, 6) is 1.06. The number of nitrogens with zero attached hydrogens (tertiary/aromatic N) is 1. The molecule has 0 aliphatic carbocycles. The quantitative estimate of drug-likeness (QED) is 0.739. The highest BCUT2D eigenvalue weighted by molar-refractivity contribution is 6.39. The lowest BCUT2D eigenvalue weighted by Crippen LogP contribution is -2.32. The normalized spacial score (nSPS) is 17.3. The van der Waals surface area contributed by atoms with Gasteiger partial charge in [0.25, 0.3) is 5.91 Å². The summed E-state index contributed by atoms with van der Waals surface area (Å²) in [5.41, 5.74) is 2.05. The molecule has 2 heterocycles. The molecule has 27 heavy (non-hydrogen) atoms. The fraction of sp³-hybridized carbons (Fsp3) is 0.238. The maximum absolute atomic E-state index is 12.6. The van der Waals surface area contributed by atoms with Crippen molar-refractivity contribution in [3.63, 3.8) is 0 Å². The maximum atomic E-state index is 12.6. The fourth-order valence-electron chi connectivity index (χ4n) is 3.14. The zero-order chi connectivity index (χ0) is 18.8. The summed E-state index contributed by atoms with van der Waals surface area (Å²) in [5, 5.41) is 7.82. The molecule has 0 saturated heterocycles. The minimum Gasteiger partial charge on any atom is -0.493 e. The molecule has 2 aromatic carbocycles. The van der Waals surface area contributed by atoms with E-state index in [0.717, 1.165) is 10.9 Å². The van der Waals surface area contributed by atoms with Crippen molar-refractivity contribution in [1.82, 2.24) is 5.32 Å². The molecule has 1 N–H and O–H groups in total. The first-order chi connectivity index (χ1) is 13.2. The molecule has 3 aromatic rings. The summed E-state index contributed by atoms with van der Waals surface area (Å²) >= 11 is 0. The van der Waals surface area contributed by atoms with Crippen molar-refractivity contribution in [2.75, 3.05) is 7.11 Å². The van der Waals surface area contributed by atoms with Gasteiger partial charge in [-0.1, -0.05) is 47.6 Å². The number of hydrogen-bond donors (Lipinski definition) is 1. The lowest BCUT2D eigenvalue weighted by molar-refractivity contribution is -0.115. The molecule has 138 valence electrons. The van der Waals surface area contributed by atoms with Crippen LogP contribution in [-0.4, -0.2) is 18.7 Å². The monoisotopic (exact) mass is 364 g/mol. The predicted molar refractivity (Wildman–Crippen MR) is 102 cm³/mol. The van der Waals surface area contributed by atoms with E-state index in [-0.39, 0.29) is 18.1 Å². The van der Waals surface area contributed by atoms with E-state index in [4.69, 9.17) is 14.0 Å². The number of benzene rings is 2. The highest BCUT2D eigenvalue weighted by Crippen LogP contribution is 2.31. The van der Waals surface area contributed by atoms with Crippen molar-refractivity contribution in [2.24, 2.45) is 5.16 Å². The van der Waals surface area contributed by atoms with Gasteiger partial charge in [-0.05, 0) is 24.6 Å². The number of methoxy groups -OCH3 is 1. The minimum atomic E-state index is -0.312. The SMILES string of the molecule is COc1cccc2cc(C(C)NC(=O)C3=NOC(c4ccccc4)C3)oc12. The zero-order valence-corrected chi connectivity index (χ0v) is 15.1. The van der Waals surface area contributed by atoms with Crippen LogP contribution in [-0.2, 0) is 9.63 Å². The van der Waals surface area contributed by atoms with Crippen molar-refractivity contribution in [1.29, 1.82) is 0 Å². The van der Waals surface area contributed by atoms with E-state index in [2.05, 4.69) is 10.5 Å². The van der Waals surface area contributed by atoms with Crippen LogP contribution in [0, 0.1) is 0 Å². The van der Waals surface area contributed by atoms with Gasteiger partial charge < -0.3 is 19.3 Å². The number of oxime groups is 1. The van der Waals surface area contributed by atoms with Gasteiger partial charge in [-0.2, -0.15) is 0 Å². The molecule has 0 spiro atoms. The number of para-hydroxylation sites is 1. The Morgan fingerprint density at radius 2 is 2.04 bits per heavy atom. The van der Waals surface area contributed by atoms with Gasteiger partial charge in [-0.25, -0.2) is 0 Å². The van der Waals surface area contributed by atoms with Gasteiger partial charge in [0.05, 0.1) is 13.2 Å². The van der Waals surface area contributed by atoms with Gasteiger partial charge >= 0.3 is 0 Å². The number of fused-ring (bicyclic) bond motifs is 1. The Labute approximate surface area is 156 Å². The second-order valence-corrected chi connectivity index (χ2v) is 6.47. The molecule has 0 fully saturated rings. The van der Waals surface area contributed by atoms with Crippen LogP contribution in [0.25, 0.3) is 11.0 Å². The third-order valence-corrected chi connectivity index (χ3v) is 4.62. The fourth-order valence-corrected chi connectivity index (χ4v) is 3.14. The van der Waals surface area contributed by atoms with E-state index in [0.29, 0.717) is 29.2 Å². The molecule has 0 bridgehead atoms. The summed E-state index contributed by atoms with van der Waals surface area (Å²) in [6.07, 6.45) is 0.217. The summed E-state index contributed by atoms with van der Waals surface area (Å²) in [6, 6.07) is 17.0. The van der Waals surface area contributed by atoms with E-state index in [1.54, 1.807) is 7.11 Å². The number of carbonyl (C=O) groups is 1. The second kappa shape index (κ2) is 7.15. The molecule has 1 aromatic heterocycles. The molecule has 2 atom stereocenters. The first kappa shape index (κ1) is 17.1. The molecule has 6 nitrogen and oxygen atoms in total. The Bertz CT molecular complexity index is 994. The molecule has 4 rings (SSSR count). The van der Waals surface area contributed by atoms with Crippen molar-refractivity contribution in [3.05, 3.63) is 65.9 Å². The maximum Gasteiger partial charge on any atom is 0.269 e. The molecule has 1 aliphatic heterocycles. The summed E-state index contributed by atoms with van der Waals surface area (Å²) < 4.78 is 11.2. The molecule has 1 aliphatic rings. The topological polar surface area (TPSA) is 73.1 Å². The van der Waals surface area contributed by atoms with E-state index < -0.39 is 0 Å². The molecule has 2 unspecified atom stereocenters. The van der Waals surface area contributed by atoms with Crippen molar-refractivity contribution in [3.8, 4) is 5.75 Å². The van der Waals surface area contributed by atoms with Gasteiger partial charge in [0.2, 0.25) is 0 Å². The average molecular weight is 364 g/mol. The van der Waals surface area contributed by atoms with Gasteiger partial charge in [0.1, 0.15) is 11.5 Å². The molecule has 0 radical (unpaired) electrons. The number of rotatable bonds is 5. The van der Waals surface area contributed by atoms with Gasteiger partial charge in [0, 0.05) is 11.8 Å². The lowest BCUT2D eigenvalue weighted by atomic mass is 10.0. The third-order valence-electron chi connectivity index (χ3n) is 4.62. The first-order valence-electron chi connectivity index (χ1n) is 8.80. The number of ether oxygens (including phenoxy) is 1. The van der Waals surface area contributed by atoms with Crippen LogP contribution in [0.1, 0.15) is 36.8 Å². The Balaban J connectivity index is 1.44. The van der Waals surface area contributed by atoms with Crippen LogP contribution in [0.4, 0.5) is 0 Å². The molecular weight excluding hydrogens is 344 g/mol. The van der Waals surface area contributed by atoms with Crippen molar-refractivity contribution in [2.45, 2.75) is 25.5 Å². The van der Waals surface area contributed by atoms with Crippen molar-refractivity contribution >= 4 is 22.6 Å². The smallest absolute Gasteiger partial charge is 0.269 e. The standard InChI is InChI=1S/C21H20N2O4/c1-13(18-11-15-9-6-10-17(25-2)20(15)26-18)22-21(24)16-12-19(27-23-16)14-7-4-3-5-8-14/h3-11,13,19H,12H2,1-2H3,(H,22,24). The second-order valence-electron chi connectivity index (χ2n) is 6.47. The summed E-state index contributed by atoms with van der Waals surface area (Å²) in [7, 11) is 1.60. The Morgan fingerprint density at radius 3 is 2.81 bits per heavy atom. The molecule has 1 amide bonds. The Kier molecular flexibility index (Phi) is 4.54. The van der Waals surface area contributed by atoms with Gasteiger partial charge in [-0.15, -0.1) is 0 Å². The zero-order valence-electron chi connectivity index (χ0n) is 15.1. The van der Waals surface area contributed by atoms with E-state index in [1.165, 1.54) is 0 Å². The van der Waals surface area contributed by atoms with E-state index >= 15 is 0 Å². The average Bonchev–Trinajstić information content (AvgIpc) is 3.35. The van der Waals surface area contributed by atoms with Gasteiger partial charge in [0.15, 0.2) is 17.4 Å². The Morgan fingerprint density at radius 1 is 1.22 bits per heavy atom. The first-order valence-corrected chi connectivity index (χ1v) is 8.80.